The minimum absolute atomic E-state index is 0.942. The van der Waals surface area contributed by atoms with Crippen molar-refractivity contribution in [3.63, 3.8) is 0 Å². The Morgan fingerprint density at radius 1 is 1.25 bits per heavy atom. The normalized spacial score (nSPS) is 11.1. The van der Waals surface area contributed by atoms with Gasteiger partial charge in [0.2, 0.25) is 0 Å². The summed E-state index contributed by atoms with van der Waals surface area (Å²) < 4.78 is 0. The first-order valence-electron chi connectivity index (χ1n) is 5.27. The summed E-state index contributed by atoms with van der Waals surface area (Å²) in [5.41, 5.74) is 2.20. The van der Waals surface area contributed by atoms with E-state index in [1.807, 2.05) is 12.1 Å². The Balaban J connectivity index is 2.11. The lowest BCUT2D eigenvalue weighted by molar-refractivity contribution is 0.985. The fourth-order valence-corrected chi connectivity index (χ4v) is 2.44. The van der Waals surface area contributed by atoms with Crippen molar-refractivity contribution < 1.29 is 0 Å². The Morgan fingerprint density at radius 3 is 2.88 bits per heavy atom. The first-order valence-corrected chi connectivity index (χ1v) is 6.09. The van der Waals surface area contributed by atoms with Crippen LogP contribution in [0.4, 0.5) is 0 Å². The summed E-state index contributed by atoms with van der Waals surface area (Å²) in [6.45, 7) is 2.09. The zero-order valence-corrected chi connectivity index (χ0v) is 9.71. The van der Waals surface area contributed by atoms with Crippen LogP contribution in [0.5, 0.6) is 0 Å². The van der Waals surface area contributed by atoms with Gasteiger partial charge in [-0.05, 0) is 18.6 Å². The van der Waals surface area contributed by atoms with Crippen molar-refractivity contribution in [2.75, 3.05) is 0 Å². The van der Waals surface area contributed by atoms with Crippen LogP contribution in [0.3, 0.4) is 0 Å². The molecule has 16 heavy (non-hydrogen) atoms. The molecule has 0 aliphatic heterocycles. The molecule has 2 aromatic heterocycles. The maximum absolute atomic E-state index is 4.19. The van der Waals surface area contributed by atoms with Gasteiger partial charge in [-0.2, -0.15) is 0 Å². The lowest BCUT2D eigenvalue weighted by Gasteiger charge is -1.86. The van der Waals surface area contributed by atoms with Crippen molar-refractivity contribution >= 4 is 22.2 Å². The summed E-state index contributed by atoms with van der Waals surface area (Å²) in [5, 5.41) is 11.6. The van der Waals surface area contributed by atoms with Crippen LogP contribution < -0.4 is 0 Å². The minimum Gasteiger partial charge on any atom is -0.353 e. The van der Waals surface area contributed by atoms with E-state index in [0.29, 0.717) is 0 Å². The number of nitrogens with zero attached hydrogens (tertiary/aromatic N) is 2. The van der Waals surface area contributed by atoms with Crippen molar-refractivity contribution in [1.82, 2.24) is 15.2 Å². The zero-order valence-electron chi connectivity index (χ0n) is 8.90. The smallest absolute Gasteiger partial charge is 0.164 e. The van der Waals surface area contributed by atoms with Crippen molar-refractivity contribution in [3.05, 3.63) is 35.3 Å². The van der Waals surface area contributed by atoms with E-state index in [4.69, 9.17) is 0 Å². The zero-order chi connectivity index (χ0) is 11.0. The third-order valence-corrected chi connectivity index (χ3v) is 3.63. The number of hydrogen-bond acceptors (Lipinski definition) is 3. The number of para-hydroxylation sites is 1. The molecule has 0 unspecified atom stereocenters. The largest absolute Gasteiger partial charge is 0.353 e. The molecule has 2 heterocycles. The Bertz CT molecular complexity index is 591. The van der Waals surface area contributed by atoms with Gasteiger partial charge in [-0.1, -0.05) is 36.5 Å². The predicted octanol–water partition coefficient (Wildman–Crippen LogP) is 3.25. The summed E-state index contributed by atoms with van der Waals surface area (Å²) in [5.74, 6) is 0. The molecule has 0 aliphatic rings. The molecule has 1 aromatic carbocycles. The first kappa shape index (κ1) is 9.54. The number of benzene rings is 1. The topological polar surface area (TPSA) is 41.6 Å². The molecule has 80 valence electrons. The van der Waals surface area contributed by atoms with Gasteiger partial charge < -0.3 is 4.98 Å². The summed E-state index contributed by atoms with van der Waals surface area (Å²) in [7, 11) is 0. The number of hydrogen-bond donors (Lipinski definition) is 1. The van der Waals surface area contributed by atoms with E-state index >= 15 is 0 Å². The van der Waals surface area contributed by atoms with E-state index in [0.717, 1.165) is 27.6 Å². The molecule has 1 N–H and O–H groups in total. The average Bonchev–Trinajstić information content (AvgIpc) is 2.95. The highest BCUT2D eigenvalue weighted by Crippen LogP contribution is 2.26. The van der Waals surface area contributed by atoms with E-state index in [1.54, 1.807) is 11.3 Å². The second-order valence-electron chi connectivity index (χ2n) is 3.62. The number of rotatable bonds is 2. The van der Waals surface area contributed by atoms with Gasteiger partial charge in [0.25, 0.3) is 0 Å². The molecule has 3 aromatic rings. The fraction of sp³-hybridized carbons (Fsp3) is 0.167. The molecule has 0 amide bonds. The Labute approximate surface area is 97.2 Å². The number of fused-ring (bicyclic) bond motifs is 1. The van der Waals surface area contributed by atoms with E-state index in [9.17, 15) is 0 Å². The van der Waals surface area contributed by atoms with Crippen LogP contribution in [0.2, 0.25) is 0 Å². The van der Waals surface area contributed by atoms with Crippen LogP contribution in [0.25, 0.3) is 21.6 Å². The lowest BCUT2D eigenvalue weighted by atomic mass is 10.2. The van der Waals surface area contributed by atoms with Gasteiger partial charge in [-0.15, -0.1) is 10.2 Å². The summed E-state index contributed by atoms with van der Waals surface area (Å²) in [6, 6.07) is 10.4. The maximum Gasteiger partial charge on any atom is 0.164 e. The number of H-pyrrole nitrogens is 1. The van der Waals surface area contributed by atoms with E-state index in [1.165, 1.54) is 5.39 Å². The van der Waals surface area contributed by atoms with Gasteiger partial charge in [-0.3, -0.25) is 0 Å². The van der Waals surface area contributed by atoms with E-state index in [2.05, 4.69) is 40.3 Å². The van der Waals surface area contributed by atoms with Crippen LogP contribution in [0.15, 0.2) is 30.3 Å². The summed E-state index contributed by atoms with van der Waals surface area (Å²) in [4.78, 5) is 3.36. The molecular formula is C12H11N3S. The monoisotopic (exact) mass is 229 g/mol. The minimum atomic E-state index is 0.942. The highest BCUT2D eigenvalue weighted by molar-refractivity contribution is 7.14. The van der Waals surface area contributed by atoms with Gasteiger partial charge >= 0.3 is 0 Å². The summed E-state index contributed by atoms with van der Waals surface area (Å²) in [6.07, 6.45) is 0.942. The number of aromatic amines is 1. The molecular weight excluding hydrogens is 218 g/mol. The molecule has 0 bridgehead atoms. The molecule has 4 heteroatoms. The molecule has 0 fully saturated rings. The van der Waals surface area contributed by atoms with Crippen molar-refractivity contribution in [2.45, 2.75) is 13.3 Å². The predicted molar refractivity (Wildman–Crippen MR) is 66.6 cm³/mol. The molecule has 0 aliphatic carbocycles. The average molecular weight is 229 g/mol. The first-order chi connectivity index (χ1) is 7.86. The van der Waals surface area contributed by atoms with Crippen molar-refractivity contribution in [1.29, 1.82) is 0 Å². The molecule has 3 rings (SSSR count). The Hall–Kier alpha value is -1.68. The molecule has 0 radical (unpaired) electrons. The molecule has 0 saturated heterocycles. The highest BCUT2D eigenvalue weighted by atomic mass is 32.1. The fourth-order valence-electron chi connectivity index (χ4n) is 1.69. The van der Waals surface area contributed by atoms with Crippen LogP contribution >= 0.6 is 11.3 Å². The van der Waals surface area contributed by atoms with Gasteiger partial charge in [0.05, 0.1) is 5.69 Å². The van der Waals surface area contributed by atoms with Gasteiger partial charge in [-0.25, -0.2) is 0 Å². The number of aromatic nitrogens is 3. The number of nitrogens with one attached hydrogen (secondary N) is 1. The van der Waals surface area contributed by atoms with Crippen LogP contribution in [-0.4, -0.2) is 15.2 Å². The second kappa shape index (κ2) is 3.72. The Kier molecular flexibility index (Phi) is 2.22. The van der Waals surface area contributed by atoms with Crippen molar-refractivity contribution in [3.8, 4) is 10.7 Å². The third kappa shape index (κ3) is 1.51. The van der Waals surface area contributed by atoms with Crippen molar-refractivity contribution in [2.24, 2.45) is 0 Å². The lowest BCUT2D eigenvalue weighted by Crippen LogP contribution is -1.76. The van der Waals surface area contributed by atoms with Gasteiger partial charge in [0.15, 0.2) is 5.01 Å². The van der Waals surface area contributed by atoms with Gasteiger partial charge in [0, 0.05) is 10.9 Å². The van der Waals surface area contributed by atoms with E-state index in [-0.39, 0.29) is 0 Å². The van der Waals surface area contributed by atoms with Gasteiger partial charge in [0.1, 0.15) is 5.01 Å². The maximum atomic E-state index is 4.19. The third-order valence-electron chi connectivity index (χ3n) is 2.53. The summed E-state index contributed by atoms with van der Waals surface area (Å²) >= 11 is 1.65. The highest BCUT2D eigenvalue weighted by Gasteiger charge is 2.08. The van der Waals surface area contributed by atoms with Crippen LogP contribution in [0.1, 0.15) is 11.9 Å². The molecule has 3 nitrogen and oxygen atoms in total. The molecule has 0 atom stereocenters. The SMILES string of the molecule is CCc1nnc(-c2cc3ccccc3[nH]2)s1. The van der Waals surface area contributed by atoms with Crippen LogP contribution in [-0.2, 0) is 6.42 Å². The quantitative estimate of drug-likeness (QED) is 0.733. The molecule has 0 spiro atoms. The number of aryl methyl sites for hydroxylation is 1. The second-order valence-corrected chi connectivity index (χ2v) is 4.69. The van der Waals surface area contributed by atoms with Crippen LogP contribution in [0, 0.1) is 0 Å². The van der Waals surface area contributed by atoms with E-state index < -0.39 is 0 Å². The Morgan fingerprint density at radius 2 is 2.12 bits per heavy atom. The molecule has 0 saturated carbocycles. The standard InChI is InChI=1S/C12H11N3S/c1-2-11-14-15-12(16-11)10-7-8-5-3-4-6-9(8)13-10/h3-7,13H,2H2,1H3.